The van der Waals surface area contributed by atoms with Gasteiger partial charge in [0, 0.05) is 36.4 Å². The lowest BCUT2D eigenvalue weighted by Crippen LogP contribution is -2.50. The summed E-state index contributed by atoms with van der Waals surface area (Å²) in [5, 5.41) is 5.53. The first-order valence-corrected chi connectivity index (χ1v) is 13.4. The highest BCUT2D eigenvalue weighted by Crippen LogP contribution is 2.38. The van der Waals surface area contributed by atoms with Gasteiger partial charge in [0.15, 0.2) is 0 Å². The quantitative estimate of drug-likeness (QED) is 0.339. The first-order chi connectivity index (χ1) is 19.2. The van der Waals surface area contributed by atoms with Crippen LogP contribution < -0.4 is 15.4 Å². The van der Waals surface area contributed by atoms with Gasteiger partial charge in [0.05, 0.1) is 23.7 Å². The Labute approximate surface area is 229 Å². The van der Waals surface area contributed by atoms with Gasteiger partial charge in [-0.3, -0.25) is 9.59 Å². The number of alkyl halides is 3. The molecule has 12 heteroatoms. The van der Waals surface area contributed by atoms with E-state index >= 15 is 0 Å². The average molecular weight is 560 g/mol. The van der Waals surface area contributed by atoms with Crippen LogP contribution in [0.1, 0.15) is 60.1 Å². The van der Waals surface area contributed by atoms with Crippen LogP contribution in [-0.2, 0) is 9.53 Å². The summed E-state index contributed by atoms with van der Waals surface area (Å²) >= 11 is 0. The Morgan fingerprint density at radius 3 is 2.65 bits per heavy atom. The second-order valence-electron chi connectivity index (χ2n) is 10.5. The van der Waals surface area contributed by atoms with Crippen molar-refractivity contribution in [2.24, 2.45) is 5.92 Å². The van der Waals surface area contributed by atoms with Crippen molar-refractivity contribution in [3.05, 3.63) is 41.3 Å². The number of aryl methyl sites for hydroxylation is 1. The number of carbonyl (C=O) groups is 2. The summed E-state index contributed by atoms with van der Waals surface area (Å²) in [6.07, 6.45) is 0.323. The van der Waals surface area contributed by atoms with E-state index in [-0.39, 0.29) is 30.1 Å². The average Bonchev–Trinajstić information content (AvgIpc) is 3.68. The fraction of sp³-hybridized carbons (Fsp3) is 0.500. The largest absolute Gasteiger partial charge is 0.493 e. The van der Waals surface area contributed by atoms with Crippen LogP contribution >= 0.6 is 0 Å². The van der Waals surface area contributed by atoms with E-state index in [0.717, 1.165) is 12.8 Å². The van der Waals surface area contributed by atoms with E-state index in [4.69, 9.17) is 9.47 Å². The number of H-pyrrole nitrogens is 1. The van der Waals surface area contributed by atoms with Crippen molar-refractivity contribution in [1.82, 2.24) is 25.6 Å². The van der Waals surface area contributed by atoms with Crippen molar-refractivity contribution >= 4 is 22.8 Å². The number of hydrogen-bond donors (Lipinski definition) is 3. The Kier molecular flexibility index (Phi) is 8.24. The van der Waals surface area contributed by atoms with Crippen molar-refractivity contribution in [2.75, 3.05) is 20.3 Å². The first kappa shape index (κ1) is 27.9. The third-order valence-electron chi connectivity index (χ3n) is 7.41. The van der Waals surface area contributed by atoms with Gasteiger partial charge < -0.3 is 25.1 Å². The smallest absolute Gasteiger partial charge is 0.263 e. The Bertz CT molecular complexity index is 1390. The summed E-state index contributed by atoms with van der Waals surface area (Å²) in [6, 6.07) is 3.15. The van der Waals surface area contributed by atoms with Crippen molar-refractivity contribution in [3.8, 4) is 17.0 Å². The maximum atomic E-state index is 14.8. The minimum Gasteiger partial charge on any atom is -0.493 e. The SMILES string of the molecule is COCC(=O)N[C@@H]1CC[C@H](NC(=O)c2c(C)[nH]c3c(-c4cc(C(F)F)ccc4OCC4CC4)ncnc23)C[C@H]1F. The van der Waals surface area contributed by atoms with Gasteiger partial charge in [-0.1, -0.05) is 0 Å². The third-order valence-corrected chi connectivity index (χ3v) is 7.41. The number of nitrogens with zero attached hydrogens (tertiary/aromatic N) is 2. The van der Waals surface area contributed by atoms with Gasteiger partial charge in [0.25, 0.3) is 12.3 Å². The van der Waals surface area contributed by atoms with E-state index in [1.54, 1.807) is 6.92 Å². The summed E-state index contributed by atoms with van der Waals surface area (Å²) < 4.78 is 52.7. The van der Waals surface area contributed by atoms with E-state index in [9.17, 15) is 22.8 Å². The van der Waals surface area contributed by atoms with E-state index in [0.29, 0.717) is 59.1 Å². The molecule has 5 rings (SSSR count). The zero-order chi connectivity index (χ0) is 28.4. The summed E-state index contributed by atoms with van der Waals surface area (Å²) in [5.74, 6) is 0.0660. The standard InChI is InChI=1S/C28H32F3N5O4/c1-14-23(28(38)35-17-6-7-20(19(29)10-17)36-22(37)12-39-2)25-26(34-14)24(32-13-33-25)18-9-16(27(30)31)5-8-21(18)40-11-15-3-4-15/h5,8-9,13,15,17,19-20,27,34H,3-4,6-7,10-12H2,1-2H3,(H,35,38)(H,36,37)/t17-,19+,20+/m0/s1. The first-order valence-electron chi connectivity index (χ1n) is 13.4. The van der Waals surface area contributed by atoms with Gasteiger partial charge in [-0.15, -0.1) is 0 Å². The highest BCUT2D eigenvalue weighted by Gasteiger charge is 2.33. The lowest BCUT2D eigenvalue weighted by Gasteiger charge is -2.32. The zero-order valence-electron chi connectivity index (χ0n) is 22.3. The number of aromatic nitrogens is 3. The van der Waals surface area contributed by atoms with Crippen LogP contribution in [-0.4, -0.2) is 65.3 Å². The molecule has 0 aliphatic heterocycles. The lowest BCUT2D eigenvalue weighted by molar-refractivity contribution is -0.126. The van der Waals surface area contributed by atoms with Crippen molar-refractivity contribution < 1.29 is 32.2 Å². The second kappa shape index (κ2) is 11.8. The molecular formula is C28H32F3N5O4. The van der Waals surface area contributed by atoms with E-state index in [1.165, 1.54) is 31.6 Å². The summed E-state index contributed by atoms with van der Waals surface area (Å²) in [7, 11) is 1.39. The fourth-order valence-electron chi connectivity index (χ4n) is 5.14. The number of hydrogen-bond acceptors (Lipinski definition) is 6. The maximum absolute atomic E-state index is 14.8. The molecule has 0 saturated heterocycles. The summed E-state index contributed by atoms with van der Waals surface area (Å²) in [4.78, 5) is 37.0. The number of aromatic amines is 1. The Morgan fingerprint density at radius 1 is 1.15 bits per heavy atom. The molecule has 3 atom stereocenters. The van der Waals surface area contributed by atoms with Gasteiger partial charge in [0.2, 0.25) is 5.91 Å². The molecule has 2 saturated carbocycles. The number of halogens is 3. The molecule has 2 fully saturated rings. The Balaban J connectivity index is 1.38. The van der Waals surface area contributed by atoms with Crippen molar-refractivity contribution in [3.63, 3.8) is 0 Å². The Hall–Kier alpha value is -3.67. The maximum Gasteiger partial charge on any atom is 0.263 e. The summed E-state index contributed by atoms with van der Waals surface area (Å²) in [5.41, 5.74) is 2.09. The predicted molar refractivity (Wildman–Crippen MR) is 141 cm³/mol. The number of amides is 2. The zero-order valence-corrected chi connectivity index (χ0v) is 22.3. The van der Waals surface area contributed by atoms with Gasteiger partial charge in [-0.05, 0) is 56.7 Å². The van der Waals surface area contributed by atoms with E-state index in [1.807, 2.05) is 0 Å². The topological polar surface area (TPSA) is 118 Å². The molecule has 2 aliphatic rings. The second-order valence-corrected chi connectivity index (χ2v) is 10.5. The molecule has 214 valence electrons. The van der Waals surface area contributed by atoms with E-state index in [2.05, 4.69) is 25.6 Å². The van der Waals surface area contributed by atoms with E-state index < -0.39 is 30.6 Å². The molecule has 9 nitrogen and oxygen atoms in total. The molecule has 1 aromatic carbocycles. The molecule has 40 heavy (non-hydrogen) atoms. The van der Waals surface area contributed by atoms with Crippen LogP contribution in [0.5, 0.6) is 5.75 Å². The molecular weight excluding hydrogens is 527 g/mol. The van der Waals surface area contributed by atoms with Crippen LogP contribution in [0.3, 0.4) is 0 Å². The molecule has 2 aliphatic carbocycles. The number of benzene rings is 1. The molecule has 0 spiro atoms. The number of ether oxygens (including phenoxy) is 2. The van der Waals surface area contributed by atoms with Crippen LogP contribution in [0.4, 0.5) is 13.2 Å². The third kappa shape index (κ3) is 6.06. The van der Waals surface area contributed by atoms with Crippen molar-refractivity contribution in [2.45, 2.75) is 63.7 Å². The highest BCUT2D eigenvalue weighted by atomic mass is 19.3. The minimum atomic E-state index is -2.68. The Morgan fingerprint density at radius 2 is 1.95 bits per heavy atom. The minimum absolute atomic E-state index is 0.0490. The molecule has 0 unspecified atom stereocenters. The molecule has 0 bridgehead atoms. The number of nitrogens with one attached hydrogen (secondary N) is 3. The molecule has 2 heterocycles. The van der Waals surface area contributed by atoms with Crippen LogP contribution in [0.25, 0.3) is 22.3 Å². The molecule has 2 aromatic heterocycles. The number of rotatable bonds is 10. The fourth-order valence-corrected chi connectivity index (χ4v) is 5.14. The highest BCUT2D eigenvalue weighted by molar-refractivity contribution is 6.09. The molecule has 3 aromatic rings. The number of fused-ring (bicyclic) bond motifs is 1. The van der Waals surface area contributed by atoms with Gasteiger partial charge in [-0.2, -0.15) is 0 Å². The van der Waals surface area contributed by atoms with Gasteiger partial charge >= 0.3 is 0 Å². The van der Waals surface area contributed by atoms with Crippen LogP contribution in [0.15, 0.2) is 24.5 Å². The molecule has 3 N–H and O–H groups in total. The number of carbonyl (C=O) groups excluding carboxylic acids is 2. The normalized spacial score (nSPS) is 21.0. The molecule has 0 radical (unpaired) electrons. The van der Waals surface area contributed by atoms with Crippen molar-refractivity contribution in [1.29, 1.82) is 0 Å². The lowest BCUT2D eigenvalue weighted by atomic mass is 9.89. The van der Waals surface area contributed by atoms with Crippen LogP contribution in [0, 0.1) is 12.8 Å². The number of methoxy groups -OCH3 is 1. The summed E-state index contributed by atoms with van der Waals surface area (Å²) in [6.45, 7) is 2.05. The monoisotopic (exact) mass is 559 g/mol. The molecule has 2 amide bonds. The predicted octanol–water partition coefficient (Wildman–Crippen LogP) is 4.41. The van der Waals surface area contributed by atoms with Gasteiger partial charge in [-0.25, -0.2) is 23.1 Å². The van der Waals surface area contributed by atoms with Crippen LogP contribution in [0.2, 0.25) is 0 Å². The van der Waals surface area contributed by atoms with Gasteiger partial charge in [0.1, 0.15) is 36.1 Å².